The van der Waals surface area contributed by atoms with Gasteiger partial charge in [0.25, 0.3) is 0 Å². The molecule has 0 spiro atoms. The maximum Gasteiger partial charge on any atom is 0.00997 e. The zero-order valence-corrected chi connectivity index (χ0v) is 18.5. The first-order valence-electron chi connectivity index (χ1n) is 10.7. The van der Waals surface area contributed by atoms with Crippen LogP contribution in [0.4, 0.5) is 0 Å². The fourth-order valence-corrected chi connectivity index (χ4v) is 4.36. The number of nitrogens with two attached hydrogens (primary N) is 1. The van der Waals surface area contributed by atoms with E-state index >= 15 is 0 Å². The summed E-state index contributed by atoms with van der Waals surface area (Å²) in [5.41, 5.74) is 6.69. The standard InChI is InChI=1S/C17H35N.C6H14/c1-12-8-13(2)15(11-17(6,7)18)9-14(12)10-16(3,4)5;1-3-5-6-4-2/h12-15H,8-11,18H2,1-7H3;3-6H2,1-2H3. The van der Waals surface area contributed by atoms with Crippen molar-refractivity contribution in [3.8, 4) is 0 Å². The number of hydrogen-bond acceptors (Lipinski definition) is 1. The summed E-state index contributed by atoms with van der Waals surface area (Å²) in [5, 5.41) is 0. The van der Waals surface area contributed by atoms with Gasteiger partial charge in [-0.3, -0.25) is 0 Å². The number of unbranched alkanes of at least 4 members (excludes halogenated alkanes) is 3. The third kappa shape index (κ3) is 11.5. The molecule has 1 nitrogen and oxygen atoms in total. The Morgan fingerprint density at radius 2 is 1.17 bits per heavy atom. The number of hydrogen-bond donors (Lipinski definition) is 1. The summed E-state index contributed by atoms with van der Waals surface area (Å²) in [6, 6.07) is 0. The quantitative estimate of drug-likeness (QED) is 0.500. The van der Waals surface area contributed by atoms with Crippen molar-refractivity contribution in [2.75, 3.05) is 0 Å². The minimum Gasteiger partial charge on any atom is -0.326 e. The zero-order chi connectivity index (χ0) is 19.0. The van der Waals surface area contributed by atoms with Gasteiger partial charge in [0.2, 0.25) is 0 Å². The lowest BCUT2D eigenvalue weighted by molar-refractivity contribution is 0.0834. The van der Waals surface area contributed by atoms with Crippen molar-refractivity contribution in [1.29, 1.82) is 0 Å². The fourth-order valence-electron chi connectivity index (χ4n) is 4.36. The monoisotopic (exact) mass is 339 g/mol. The second-order valence-corrected chi connectivity index (χ2v) is 10.6. The van der Waals surface area contributed by atoms with E-state index in [-0.39, 0.29) is 5.54 Å². The van der Waals surface area contributed by atoms with E-state index in [0.29, 0.717) is 5.41 Å². The smallest absolute Gasteiger partial charge is 0.00997 e. The van der Waals surface area contributed by atoms with Crippen LogP contribution in [0.25, 0.3) is 0 Å². The molecule has 0 aromatic carbocycles. The van der Waals surface area contributed by atoms with Crippen molar-refractivity contribution >= 4 is 0 Å². The molecule has 4 unspecified atom stereocenters. The van der Waals surface area contributed by atoms with E-state index in [9.17, 15) is 0 Å². The molecule has 0 aromatic heterocycles. The Bertz CT molecular complexity index is 277. The first kappa shape index (κ1) is 24.0. The highest BCUT2D eigenvalue weighted by molar-refractivity contribution is 4.88. The van der Waals surface area contributed by atoms with Gasteiger partial charge in [-0.2, -0.15) is 0 Å². The van der Waals surface area contributed by atoms with Gasteiger partial charge in [-0.1, -0.05) is 74.1 Å². The predicted molar refractivity (Wildman–Crippen MR) is 111 cm³/mol. The highest BCUT2D eigenvalue weighted by atomic mass is 14.7. The Morgan fingerprint density at radius 1 is 0.750 bits per heavy atom. The average molecular weight is 340 g/mol. The van der Waals surface area contributed by atoms with E-state index in [0.717, 1.165) is 23.7 Å². The van der Waals surface area contributed by atoms with E-state index in [2.05, 4.69) is 62.3 Å². The molecular formula is C23H49N. The van der Waals surface area contributed by atoms with Gasteiger partial charge in [-0.05, 0) is 68.6 Å². The summed E-state index contributed by atoms with van der Waals surface area (Å²) < 4.78 is 0. The van der Waals surface area contributed by atoms with E-state index in [1.807, 2.05) is 0 Å². The van der Waals surface area contributed by atoms with Crippen LogP contribution in [-0.2, 0) is 0 Å². The van der Waals surface area contributed by atoms with Gasteiger partial charge < -0.3 is 5.73 Å². The first-order chi connectivity index (χ1) is 10.9. The van der Waals surface area contributed by atoms with E-state index in [4.69, 9.17) is 5.73 Å². The molecule has 0 radical (unpaired) electrons. The third-order valence-corrected chi connectivity index (χ3v) is 5.58. The highest BCUT2D eigenvalue weighted by Crippen LogP contribution is 2.44. The van der Waals surface area contributed by atoms with Crippen molar-refractivity contribution < 1.29 is 0 Å². The van der Waals surface area contributed by atoms with Crippen LogP contribution in [-0.4, -0.2) is 5.54 Å². The maximum atomic E-state index is 6.24. The van der Waals surface area contributed by atoms with Crippen molar-refractivity contribution in [2.45, 2.75) is 119 Å². The van der Waals surface area contributed by atoms with Gasteiger partial charge in [0.1, 0.15) is 0 Å². The second-order valence-electron chi connectivity index (χ2n) is 10.6. The Morgan fingerprint density at radius 3 is 1.50 bits per heavy atom. The van der Waals surface area contributed by atoms with Crippen molar-refractivity contribution in [2.24, 2.45) is 34.8 Å². The van der Waals surface area contributed by atoms with Crippen LogP contribution in [0.15, 0.2) is 0 Å². The summed E-state index contributed by atoms with van der Waals surface area (Å²) in [6.45, 7) is 20.8. The number of rotatable bonds is 6. The molecule has 1 aliphatic rings. The lowest BCUT2D eigenvalue weighted by Crippen LogP contribution is -2.40. The molecule has 1 fully saturated rings. The molecule has 0 aliphatic heterocycles. The average Bonchev–Trinajstić information content (AvgIpc) is 2.39. The molecule has 1 aliphatic carbocycles. The van der Waals surface area contributed by atoms with E-state index in [1.54, 1.807) is 0 Å². The van der Waals surface area contributed by atoms with Gasteiger partial charge in [-0.15, -0.1) is 0 Å². The Kier molecular flexibility index (Phi) is 10.8. The molecule has 0 amide bonds. The van der Waals surface area contributed by atoms with Crippen molar-refractivity contribution in [1.82, 2.24) is 0 Å². The maximum absolute atomic E-state index is 6.24. The lowest BCUT2D eigenvalue weighted by atomic mass is 9.63. The molecule has 1 saturated carbocycles. The largest absolute Gasteiger partial charge is 0.326 e. The van der Waals surface area contributed by atoms with Gasteiger partial charge >= 0.3 is 0 Å². The van der Waals surface area contributed by atoms with E-state index in [1.165, 1.54) is 51.4 Å². The molecule has 1 rings (SSSR count). The Balaban J connectivity index is 0.000000754. The molecule has 0 bridgehead atoms. The van der Waals surface area contributed by atoms with Crippen LogP contribution in [0.3, 0.4) is 0 Å². The fraction of sp³-hybridized carbons (Fsp3) is 1.00. The SMILES string of the molecule is CC1CC(C)C(CC(C)(C)N)CC1CC(C)(C)C.CCCCCC. The summed E-state index contributed by atoms with van der Waals surface area (Å²) in [5.74, 6) is 3.46. The minimum absolute atomic E-state index is 0.00815. The van der Waals surface area contributed by atoms with Gasteiger partial charge in [0.15, 0.2) is 0 Å². The van der Waals surface area contributed by atoms with Crippen molar-refractivity contribution in [3.05, 3.63) is 0 Å². The second kappa shape index (κ2) is 10.8. The van der Waals surface area contributed by atoms with Crippen molar-refractivity contribution in [3.63, 3.8) is 0 Å². The Hall–Kier alpha value is -0.0400. The molecule has 1 heteroatoms. The highest BCUT2D eigenvalue weighted by Gasteiger charge is 2.36. The topological polar surface area (TPSA) is 26.0 Å². The van der Waals surface area contributed by atoms with Gasteiger partial charge in [0, 0.05) is 5.54 Å². The van der Waals surface area contributed by atoms with Gasteiger partial charge in [-0.25, -0.2) is 0 Å². The Labute approximate surface area is 154 Å². The van der Waals surface area contributed by atoms with Crippen LogP contribution in [0.1, 0.15) is 114 Å². The summed E-state index contributed by atoms with van der Waals surface area (Å²) >= 11 is 0. The third-order valence-electron chi connectivity index (χ3n) is 5.58. The van der Waals surface area contributed by atoms with Gasteiger partial charge in [0.05, 0.1) is 0 Å². The molecule has 2 N–H and O–H groups in total. The lowest BCUT2D eigenvalue weighted by Gasteiger charge is -2.43. The summed E-state index contributed by atoms with van der Waals surface area (Å²) in [6.07, 6.45) is 10.9. The zero-order valence-electron chi connectivity index (χ0n) is 18.5. The normalized spacial score (nSPS) is 28.2. The van der Waals surface area contributed by atoms with Crippen LogP contribution >= 0.6 is 0 Å². The molecular weight excluding hydrogens is 290 g/mol. The molecule has 0 saturated heterocycles. The molecule has 146 valence electrons. The van der Waals surface area contributed by atoms with Crippen LogP contribution < -0.4 is 5.73 Å². The minimum atomic E-state index is -0.00815. The summed E-state index contributed by atoms with van der Waals surface area (Å²) in [7, 11) is 0. The molecule has 0 heterocycles. The first-order valence-corrected chi connectivity index (χ1v) is 10.7. The molecule has 0 aromatic rings. The predicted octanol–water partition coefficient (Wildman–Crippen LogP) is 7.44. The molecule has 24 heavy (non-hydrogen) atoms. The van der Waals surface area contributed by atoms with Crippen LogP contribution in [0.2, 0.25) is 0 Å². The van der Waals surface area contributed by atoms with E-state index < -0.39 is 0 Å². The van der Waals surface area contributed by atoms with Crippen LogP contribution in [0, 0.1) is 29.1 Å². The van der Waals surface area contributed by atoms with Crippen LogP contribution in [0.5, 0.6) is 0 Å². The molecule has 4 atom stereocenters. The summed E-state index contributed by atoms with van der Waals surface area (Å²) in [4.78, 5) is 0.